The lowest BCUT2D eigenvalue weighted by atomic mass is 9.63. The number of carbonyl (C=O) groups is 2. The van der Waals surface area contributed by atoms with Gasteiger partial charge in [0.05, 0.1) is 17.4 Å². The number of amides is 1. The predicted octanol–water partition coefficient (Wildman–Crippen LogP) is 4.71. The van der Waals surface area contributed by atoms with Gasteiger partial charge in [-0.15, -0.1) is 0 Å². The van der Waals surface area contributed by atoms with Gasteiger partial charge in [0, 0.05) is 35.3 Å². The smallest absolute Gasteiger partial charge is 0.342 e. The Kier molecular flexibility index (Phi) is 5.03. The summed E-state index contributed by atoms with van der Waals surface area (Å²) in [5.74, 6) is -3.21. The van der Waals surface area contributed by atoms with Gasteiger partial charge in [-0.3, -0.25) is 4.79 Å². The number of benzene rings is 1. The fourth-order valence-electron chi connectivity index (χ4n) is 4.82. The second-order valence-electron chi connectivity index (χ2n) is 8.97. The summed E-state index contributed by atoms with van der Waals surface area (Å²) in [5, 5.41) is 0.901. The van der Waals surface area contributed by atoms with Crippen LogP contribution in [-0.4, -0.2) is 39.4 Å². The Balaban J connectivity index is 1.68. The van der Waals surface area contributed by atoms with Crippen molar-refractivity contribution in [2.24, 2.45) is 0 Å². The van der Waals surface area contributed by atoms with Crippen molar-refractivity contribution in [2.75, 3.05) is 6.54 Å². The van der Waals surface area contributed by atoms with E-state index in [0.29, 0.717) is 17.9 Å². The number of halogens is 2. The van der Waals surface area contributed by atoms with Crippen LogP contribution in [0.25, 0.3) is 16.6 Å². The highest BCUT2D eigenvalue weighted by Gasteiger charge is 2.47. The van der Waals surface area contributed by atoms with E-state index < -0.39 is 23.5 Å². The van der Waals surface area contributed by atoms with E-state index in [1.54, 1.807) is 20.0 Å². The minimum absolute atomic E-state index is 0.00767. The molecule has 0 bridgehead atoms. The summed E-state index contributed by atoms with van der Waals surface area (Å²) in [4.78, 5) is 35.7. The molecule has 1 fully saturated rings. The van der Waals surface area contributed by atoms with Crippen LogP contribution in [0.2, 0.25) is 0 Å². The third-order valence-corrected chi connectivity index (χ3v) is 6.43. The molecule has 1 saturated carbocycles. The molecule has 2 aliphatic rings. The number of esters is 1. The van der Waals surface area contributed by atoms with Crippen LogP contribution < -0.4 is 0 Å². The van der Waals surface area contributed by atoms with Gasteiger partial charge in [-0.05, 0) is 62.6 Å². The van der Waals surface area contributed by atoms with E-state index in [0.717, 1.165) is 42.3 Å². The quantitative estimate of drug-likeness (QED) is 0.585. The number of nitrogens with zero attached hydrogens (tertiary/aromatic N) is 2. The first-order chi connectivity index (χ1) is 15.8. The summed E-state index contributed by atoms with van der Waals surface area (Å²) >= 11 is 0. The average Bonchev–Trinajstić information content (AvgIpc) is 3.05. The van der Waals surface area contributed by atoms with Crippen molar-refractivity contribution in [2.45, 2.75) is 44.6 Å². The molecule has 8 heteroatoms. The molecule has 0 unspecified atom stereocenters. The van der Waals surface area contributed by atoms with Crippen LogP contribution in [0, 0.1) is 11.6 Å². The number of fused-ring (bicyclic) bond motifs is 4. The van der Waals surface area contributed by atoms with Crippen molar-refractivity contribution >= 4 is 28.5 Å². The van der Waals surface area contributed by atoms with Gasteiger partial charge < -0.3 is 14.6 Å². The summed E-state index contributed by atoms with van der Waals surface area (Å²) in [6.45, 7) is 3.80. The molecule has 1 aliphatic carbocycles. The van der Waals surface area contributed by atoms with Gasteiger partial charge in [-0.25, -0.2) is 18.6 Å². The van der Waals surface area contributed by atoms with Crippen LogP contribution in [0.15, 0.2) is 42.7 Å². The molecule has 1 aliphatic heterocycles. The van der Waals surface area contributed by atoms with E-state index in [1.807, 2.05) is 12.1 Å². The highest BCUT2D eigenvalue weighted by Crippen LogP contribution is 2.51. The van der Waals surface area contributed by atoms with Crippen LogP contribution >= 0.6 is 0 Å². The summed E-state index contributed by atoms with van der Waals surface area (Å²) in [6, 6.07) is 6.86. The Bertz CT molecular complexity index is 1310. The van der Waals surface area contributed by atoms with E-state index in [9.17, 15) is 18.4 Å². The summed E-state index contributed by atoms with van der Waals surface area (Å²) in [7, 11) is 0. The Labute approximate surface area is 189 Å². The molecule has 3 heterocycles. The molecule has 1 aromatic carbocycles. The predicted molar refractivity (Wildman–Crippen MR) is 118 cm³/mol. The van der Waals surface area contributed by atoms with E-state index >= 15 is 0 Å². The third-order valence-electron chi connectivity index (χ3n) is 6.43. The lowest BCUT2D eigenvalue weighted by Crippen LogP contribution is -2.45. The second kappa shape index (κ2) is 7.79. The van der Waals surface area contributed by atoms with Crippen LogP contribution in [0.4, 0.5) is 8.78 Å². The molecule has 3 aromatic rings. The van der Waals surface area contributed by atoms with E-state index in [2.05, 4.69) is 9.97 Å². The molecule has 1 amide bonds. The molecule has 2 aromatic heterocycles. The zero-order valence-electron chi connectivity index (χ0n) is 18.3. The monoisotopic (exact) mass is 451 g/mol. The molecular formula is C25H23F2N3O3. The zero-order valence-corrected chi connectivity index (χ0v) is 18.3. The van der Waals surface area contributed by atoms with Crippen molar-refractivity contribution in [1.29, 1.82) is 0 Å². The van der Waals surface area contributed by atoms with Crippen molar-refractivity contribution in [1.82, 2.24) is 14.9 Å². The lowest BCUT2D eigenvalue weighted by Gasteiger charge is -2.44. The number of hydrogen-bond acceptors (Lipinski definition) is 4. The molecule has 0 saturated heterocycles. The highest BCUT2D eigenvalue weighted by molar-refractivity contribution is 6.18. The van der Waals surface area contributed by atoms with Gasteiger partial charge in [0.25, 0.3) is 5.91 Å². The maximum atomic E-state index is 13.9. The topological polar surface area (TPSA) is 75.3 Å². The first-order valence-electron chi connectivity index (χ1n) is 11.0. The van der Waals surface area contributed by atoms with Gasteiger partial charge in [0.2, 0.25) is 0 Å². The SMILES string of the molecule is CC(C)OC(=O)C1=CN(C(=O)c2ccc(F)c(F)c2)CC2(CCC2)c2c1[nH]c1ncccc21. The van der Waals surface area contributed by atoms with Crippen LogP contribution in [0.5, 0.6) is 0 Å². The second-order valence-corrected chi connectivity index (χ2v) is 8.97. The maximum absolute atomic E-state index is 13.9. The zero-order chi connectivity index (χ0) is 23.3. The maximum Gasteiger partial charge on any atom is 0.342 e. The van der Waals surface area contributed by atoms with Crippen molar-refractivity contribution in [3.05, 3.63) is 71.2 Å². The number of ether oxygens (including phenoxy) is 1. The van der Waals surface area contributed by atoms with Gasteiger partial charge in [0.15, 0.2) is 11.6 Å². The number of pyridine rings is 1. The van der Waals surface area contributed by atoms with Gasteiger partial charge in [-0.1, -0.05) is 6.42 Å². The van der Waals surface area contributed by atoms with Gasteiger partial charge in [0.1, 0.15) is 5.65 Å². The van der Waals surface area contributed by atoms with E-state index in [1.165, 1.54) is 17.2 Å². The lowest BCUT2D eigenvalue weighted by molar-refractivity contribution is -0.140. The van der Waals surface area contributed by atoms with Crippen molar-refractivity contribution < 1.29 is 23.1 Å². The largest absolute Gasteiger partial charge is 0.459 e. The number of aromatic amines is 1. The van der Waals surface area contributed by atoms with E-state index in [-0.39, 0.29) is 22.7 Å². The number of nitrogens with one attached hydrogen (secondary N) is 1. The Morgan fingerprint density at radius 2 is 1.97 bits per heavy atom. The average molecular weight is 451 g/mol. The number of H-pyrrole nitrogens is 1. The fraction of sp³-hybridized carbons (Fsp3) is 0.320. The first kappa shape index (κ1) is 21.3. The standard InChI is InChI=1S/C25H23F2N3O3/c1-14(2)33-24(32)17-12-30(23(31)15-6-7-18(26)19(27)11-15)13-25(8-4-9-25)20-16-5-3-10-28-22(16)29-21(17)20/h3,5-7,10-12,14H,4,8-9,13H2,1-2H3,(H,28,29). The molecule has 6 nitrogen and oxygen atoms in total. The molecule has 0 atom stereocenters. The molecular weight excluding hydrogens is 428 g/mol. The number of carbonyl (C=O) groups excluding carboxylic acids is 2. The molecule has 33 heavy (non-hydrogen) atoms. The summed E-state index contributed by atoms with van der Waals surface area (Å²) < 4.78 is 32.8. The minimum Gasteiger partial charge on any atom is -0.459 e. The first-order valence-corrected chi connectivity index (χ1v) is 11.0. The fourth-order valence-corrected chi connectivity index (χ4v) is 4.82. The molecule has 0 radical (unpaired) electrons. The summed E-state index contributed by atoms with van der Waals surface area (Å²) in [5.41, 5.74) is 2.03. The van der Waals surface area contributed by atoms with Gasteiger partial charge >= 0.3 is 5.97 Å². The van der Waals surface area contributed by atoms with Crippen LogP contribution in [-0.2, 0) is 14.9 Å². The normalized spacial score (nSPS) is 16.9. The Morgan fingerprint density at radius 3 is 2.64 bits per heavy atom. The van der Waals surface area contributed by atoms with Crippen LogP contribution in [0.3, 0.4) is 0 Å². The van der Waals surface area contributed by atoms with Crippen molar-refractivity contribution in [3.8, 4) is 0 Å². The molecule has 1 N–H and O–H groups in total. The highest BCUT2D eigenvalue weighted by atomic mass is 19.2. The van der Waals surface area contributed by atoms with Gasteiger partial charge in [-0.2, -0.15) is 0 Å². The summed E-state index contributed by atoms with van der Waals surface area (Å²) in [6.07, 6.45) is 5.41. The third kappa shape index (κ3) is 3.50. The Hall–Kier alpha value is -3.55. The van der Waals surface area contributed by atoms with Crippen molar-refractivity contribution in [3.63, 3.8) is 0 Å². The molecule has 170 valence electrons. The number of hydrogen-bond donors (Lipinski definition) is 1. The minimum atomic E-state index is -1.10. The molecule has 5 rings (SSSR count). The Morgan fingerprint density at radius 1 is 1.18 bits per heavy atom. The van der Waals surface area contributed by atoms with E-state index in [4.69, 9.17) is 4.74 Å². The number of rotatable bonds is 3. The molecule has 1 spiro atoms. The van der Waals surface area contributed by atoms with Crippen LogP contribution in [0.1, 0.15) is 54.7 Å². The number of aromatic nitrogens is 2.